The van der Waals surface area contributed by atoms with Crippen LogP contribution in [-0.4, -0.2) is 17.7 Å². The first-order valence-corrected chi connectivity index (χ1v) is 7.83. The first-order chi connectivity index (χ1) is 13.3. The number of esters is 1. The van der Waals surface area contributed by atoms with E-state index >= 15 is 0 Å². The van der Waals surface area contributed by atoms with Crippen LogP contribution in [0.4, 0.5) is 18.9 Å². The van der Waals surface area contributed by atoms with Crippen molar-refractivity contribution in [2.75, 3.05) is 6.79 Å². The summed E-state index contributed by atoms with van der Waals surface area (Å²) in [4.78, 5) is 22.4. The van der Waals surface area contributed by atoms with Gasteiger partial charge in [0.05, 0.1) is 22.1 Å². The molecular formula is C18H12F3NO6. The molecule has 0 unspecified atom stereocenters. The van der Waals surface area contributed by atoms with Gasteiger partial charge in [-0.15, -0.1) is 0 Å². The summed E-state index contributed by atoms with van der Waals surface area (Å²) in [5.74, 6) is -0.475. The van der Waals surface area contributed by atoms with Crippen molar-refractivity contribution in [1.82, 2.24) is 0 Å². The number of nitro groups is 1. The highest BCUT2D eigenvalue weighted by atomic mass is 19.4. The van der Waals surface area contributed by atoms with E-state index in [0.29, 0.717) is 0 Å². The van der Waals surface area contributed by atoms with Crippen molar-refractivity contribution in [3.63, 3.8) is 0 Å². The first-order valence-electron chi connectivity index (χ1n) is 7.83. The number of hydrogen-bond donors (Lipinski definition) is 0. The molecule has 28 heavy (non-hydrogen) atoms. The van der Waals surface area contributed by atoms with Crippen LogP contribution in [0.5, 0.6) is 11.5 Å². The highest BCUT2D eigenvalue weighted by Gasteiger charge is 2.33. The Morgan fingerprint density at radius 2 is 1.89 bits per heavy atom. The van der Waals surface area contributed by atoms with Crippen LogP contribution in [0.25, 0.3) is 6.08 Å². The standard InChI is InChI=1S/C18H12F3NO6/c19-18(20,21)13-4-2-1-3-12(13)9-26-17(23)6-5-11-7-15-16(28-10-27-15)8-14(11)22(24)25/h1-8H,9-10H2/b6-5+. The topological polar surface area (TPSA) is 87.9 Å². The van der Waals surface area contributed by atoms with E-state index in [1.54, 1.807) is 0 Å². The van der Waals surface area contributed by atoms with Crippen molar-refractivity contribution in [1.29, 1.82) is 0 Å². The number of hydrogen-bond acceptors (Lipinski definition) is 6. The number of halogens is 3. The molecule has 0 N–H and O–H groups in total. The van der Waals surface area contributed by atoms with E-state index in [4.69, 9.17) is 14.2 Å². The third kappa shape index (κ3) is 4.22. The molecule has 0 fully saturated rings. The molecule has 0 radical (unpaired) electrons. The van der Waals surface area contributed by atoms with Gasteiger partial charge >= 0.3 is 12.1 Å². The average molecular weight is 395 g/mol. The van der Waals surface area contributed by atoms with E-state index in [1.165, 1.54) is 24.3 Å². The minimum Gasteiger partial charge on any atom is -0.458 e. The molecule has 0 saturated carbocycles. The molecule has 10 heteroatoms. The lowest BCUT2D eigenvalue weighted by Gasteiger charge is -2.12. The van der Waals surface area contributed by atoms with Crippen LogP contribution < -0.4 is 9.47 Å². The number of fused-ring (bicyclic) bond motifs is 1. The summed E-state index contributed by atoms with van der Waals surface area (Å²) in [6, 6.07) is 7.19. The predicted molar refractivity (Wildman–Crippen MR) is 89.5 cm³/mol. The number of benzene rings is 2. The van der Waals surface area contributed by atoms with Crippen LogP contribution in [0.1, 0.15) is 16.7 Å². The van der Waals surface area contributed by atoms with Gasteiger partial charge in [0.2, 0.25) is 6.79 Å². The zero-order valence-electron chi connectivity index (χ0n) is 14.1. The second-order valence-electron chi connectivity index (χ2n) is 5.62. The molecule has 1 heterocycles. The number of rotatable bonds is 5. The molecule has 0 aliphatic carbocycles. The minimum absolute atomic E-state index is 0.0573. The van der Waals surface area contributed by atoms with E-state index < -0.39 is 29.2 Å². The van der Waals surface area contributed by atoms with Crippen molar-refractivity contribution in [2.45, 2.75) is 12.8 Å². The molecule has 3 rings (SSSR count). The Morgan fingerprint density at radius 3 is 2.57 bits per heavy atom. The quantitative estimate of drug-likeness (QED) is 0.328. The Kier molecular flexibility index (Phi) is 5.21. The zero-order valence-corrected chi connectivity index (χ0v) is 14.1. The molecule has 0 atom stereocenters. The molecule has 0 saturated heterocycles. The molecule has 7 nitrogen and oxygen atoms in total. The summed E-state index contributed by atoms with van der Waals surface area (Å²) in [7, 11) is 0. The minimum atomic E-state index is -4.58. The predicted octanol–water partition coefficient (Wildman–Crippen LogP) is 4.10. The number of nitro benzene ring substituents is 1. The fraction of sp³-hybridized carbons (Fsp3) is 0.167. The zero-order chi connectivity index (χ0) is 20.3. The Balaban J connectivity index is 1.73. The van der Waals surface area contributed by atoms with E-state index in [1.807, 2.05) is 0 Å². The number of carbonyl (C=O) groups excluding carboxylic acids is 1. The molecule has 0 bridgehead atoms. The Bertz CT molecular complexity index is 955. The van der Waals surface area contributed by atoms with Crippen LogP contribution in [-0.2, 0) is 22.3 Å². The molecule has 2 aromatic carbocycles. The summed E-state index contributed by atoms with van der Waals surface area (Å²) in [5, 5.41) is 11.2. The molecule has 146 valence electrons. The van der Waals surface area contributed by atoms with Gasteiger partial charge in [-0.25, -0.2) is 4.79 Å². The molecule has 0 aromatic heterocycles. The lowest BCUT2D eigenvalue weighted by molar-refractivity contribution is -0.385. The summed E-state index contributed by atoms with van der Waals surface area (Å²) in [5.41, 5.74) is -1.37. The van der Waals surface area contributed by atoms with Gasteiger partial charge in [-0.05, 0) is 18.2 Å². The number of nitrogens with zero attached hydrogens (tertiary/aromatic N) is 1. The number of carbonyl (C=O) groups is 1. The smallest absolute Gasteiger partial charge is 0.416 e. The van der Waals surface area contributed by atoms with Crippen LogP contribution >= 0.6 is 0 Å². The average Bonchev–Trinajstić information content (AvgIpc) is 3.10. The Hall–Kier alpha value is -3.56. The normalized spacial score (nSPS) is 13.0. The molecule has 2 aromatic rings. The van der Waals surface area contributed by atoms with Crippen molar-refractivity contribution in [3.8, 4) is 11.5 Å². The maximum Gasteiger partial charge on any atom is 0.416 e. The monoisotopic (exact) mass is 395 g/mol. The van der Waals surface area contributed by atoms with E-state index in [-0.39, 0.29) is 35.1 Å². The third-order valence-corrected chi connectivity index (χ3v) is 3.81. The second kappa shape index (κ2) is 7.59. The highest BCUT2D eigenvalue weighted by Crippen LogP contribution is 2.38. The summed E-state index contributed by atoms with van der Waals surface area (Å²) >= 11 is 0. The van der Waals surface area contributed by atoms with Crippen molar-refractivity contribution < 1.29 is 37.1 Å². The highest BCUT2D eigenvalue weighted by molar-refractivity contribution is 5.88. The lowest BCUT2D eigenvalue weighted by Crippen LogP contribution is -2.11. The molecule has 1 aliphatic rings. The van der Waals surface area contributed by atoms with E-state index in [2.05, 4.69) is 0 Å². The Morgan fingerprint density at radius 1 is 1.21 bits per heavy atom. The fourth-order valence-electron chi connectivity index (χ4n) is 2.52. The van der Waals surface area contributed by atoms with E-state index in [9.17, 15) is 28.1 Å². The van der Waals surface area contributed by atoms with Crippen molar-refractivity contribution >= 4 is 17.7 Å². The molecular weight excluding hydrogens is 383 g/mol. The Labute approximate surface area is 156 Å². The fourth-order valence-corrected chi connectivity index (χ4v) is 2.52. The summed E-state index contributed by atoms with van der Waals surface area (Å²) < 4.78 is 53.8. The van der Waals surface area contributed by atoms with Gasteiger partial charge in [-0.3, -0.25) is 10.1 Å². The van der Waals surface area contributed by atoms with Crippen LogP contribution in [0.2, 0.25) is 0 Å². The molecule has 0 spiro atoms. The lowest BCUT2D eigenvalue weighted by atomic mass is 10.1. The largest absolute Gasteiger partial charge is 0.458 e. The number of alkyl halides is 3. The second-order valence-corrected chi connectivity index (χ2v) is 5.62. The maximum atomic E-state index is 12.9. The van der Waals surface area contributed by atoms with Crippen LogP contribution in [0.3, 0.4) is 0 Å². The summed E-state index contributed by atoms with van der Waals surface area (Å²) in [6.45, 7) is -0.678. The van der Waals surface area contributed by atoms with Crippen LogP contribution in [0.15, 0.2) is 42.5 Å². The maximum absolute atomic E-state index is 12.9. The summed E-state index contributed by atoms with van der Waals surface area (Å²) in [6.07, 6.45) is -2.56. The third-order valence-electron chi connectivity index (χ3n) is 3.81. The molecule has 1 aliphatic heterocycles. The van der Waals surface area contributed by atoms with Gasteiger partial charge in [0.15, 0.2) is 11.5 Å². The van der Waals surface area contributed by atoms with Gasteiger partial charge in [0, 0.05) is 11.6 Å². The van der Waals surface area contributed by atoms with Crippen molar-refractivity contribution in [3.05, 3.63) is 69.3 Å². The van der Waals surface area contributed by atoms with E-state index in [0.717, 1.165) is 24.3 Å². The molecule has 0 amide bonds. The van der Waals surface area contributed by atoms with Gasteiger partial charge in [0.1, 0.15) is 6.61 Å². The van der Waals surface area contributed by atoms with Crippen LogP contribution in [0, 0.1) is 10.1 Å². The van der Waals surface area contributed by atoms with Gasteiger partial charge in [-0.1, -0.05) is 18.2 Å². The van der Waals surface area contributed by atoms with Gasteiger partial charge in [-0.2, -0.15) is 13.2 Å². The number of ether oxygens (including phenoxy) is 3. The van der Waals surface area contributed by atoms with Crippen molar-refractivity contribution in [2.24, 2.45) is 0 Å². The SMILES string of the molecule is O=C(/C=C/c1cc2c(cc1[N+](=O)[O-])OCO2)OCc1ccccc1C(F)(F)F. The van der Waals surface area contributed by atoms with Gasteiger partial charge < -0.3 is 14.2 Å². The van der Waals surface area contributed by atoms with Gasteiger partial charge in [0.25, 0.3) is 5.69 Å². The first kappa shape index (κ1) is 19.2.